The van der Waals surface area contributed by atoms with Crippen molar-refractivity contribution < 1.29 is 14.0 Å². The molecule has 1 aromatic carbocycles. The van der Waals surface area contributed by atoms with Crippen LogP contribution < -0.4 is 5.73 Å². The normalized spacial score (nSPS) is 17.0. The fraction of sp³-hybridized carbons (Fsp3) is 0.294. The Morgan fingerprint density at radius 2 is 1.83 bits per heavy atom. The second-order valence-electron chi connectivity index (χ2n) is 5.85. The zero-order valence-corrected chi connectivity index (χ0v) is 13.0. The lowest BCUT2D eigenvalue weighted by Gasteiger charge is -2.17. The minimum absolute atomic E-state index is 0.00701. The number of amides is 2. The monoisotopic (exact) mass is 328 g/mol. The molecule has 2 amide bonds. The Bertz CT molecular complexity index is 763. The molecular formula is C17H17FN4O2. The number of carbonyl (C=O) groups is 2. The van der Waals surface area contributed by atoms with Gasteiger partial charge in [0.1, 0.15) is 5.82 Å². The van der Waals surface area contributed by atoms with Gasteiger partial charge in [-0.2, -0.15) is 0 Å². The average molecular weight is 328 g/mol. The van der Waals surface area contributed by atoms with Gasteiger partial charge in [0.05, 0.1) is 0 Å². The Kier molecular flexibility index (Phi) is 4.50. The number of likely N-dealkylation sites (tertiary alicyclic amines) is 1. The van der Waals surface area contributed by atoms with Gasteiger partial charge in [-0.15, -0.1) is 0 Å². The molecule has 1 unspecified atom stereocenters. The van der Waals surface area contributed by atoms with E-state index < -0.39 is 5.91 Å². The molecule has 3 rings (SSSR count). The van der Waals surface area contributed by atoms with Gasteiger partial charge in [-0.25, -0.2) is 14.4 Å². The third-order valence-electron chi connectivity index (χ3n) is 4.14. The van der Waals surface area contributed by atoms with E-state index in [9.17, 15) is 14.0 Å². The molecule has 1 atom stereocenters. The largest absolute Gasteiger partial charge is 0.364 e. The van der Waals surface area contributed by atoms with E-state index >= 15 is 0 Å². The maximum atomic E-state index is 13.0. The van der Waals surface area contributed by atoms with Crippen LogP contribution in [0, 0.1) is 11.7 Å². The predicted octanol–water partition coefficient (Wildman–Crippen LogP) is 1.42. The maximum Gasteiger partial charge on any atom is 0.274 e. The van der Waals surface area contributed by atoms with Crippen LogP contribution in [0.1, 0.15) is 33.0 Å². The van der Waals surface area contributed by atoms with Crippen LogP contribution >= 0.6 is 0 Å². The van der Waals surface area contributed by atoms with Crippen LogP contribution in [0.25, 0.3) is 0 Å². The molecule has 124 valence electrons. The summed E-state index contributed by atoms with van der Waals surface area (Å²) in [6, 6.07) is 6.39. The molecular weight excluding hydrogens is 311 g/mol. The molecule has 1 fully saturated rings. The summed E-state index contributed by atoms with van der Waals surface area (Å²) in [5, 5.41) is 0. The van der Waals surface area contributed by atoms with Crippen molar-refractivity contribution in [2.75, 3.05) is 13.1 Å². The maximum absolute atomic E-state index is 13.0. The first-order valence-electron chi connectivity index (χ1n) is 7.69. The average Bonchev–Trinajstić information content (AvgIpc) is 3.05. The topological polar surface area (TPSA) is 89.2 Å². The van der Waals surface area contributed by atoms with E-state index in [1.54, 1.807) is 17.0 Å². The van der Waals surface area contributed by atoms with Crippen LogP contribution in [-0.2, 0) is 6.42 Å². The highest BCUT2D eigenvalue weighted by atomic mass is 19.1. The highest BCUT2D eigenvalue weighted by molar-refractivity contribution is 6.04. The standard InChI is InChI=1S/C17H17FN4O2/c18-13-3-1-11(2-4-13)9-12-5-8-22(10-12)17(24)15-14(16(19)23)20-6-7-21-15/h1-4,6-7,12H,5,8-10H2,(H2,19,23). The summed E-state index contributed by atoms with van der Waals surface area (Å²) >= 11 is 0. The van der Waals surface area contributed by atoms with Crippen LogP contribution in [0.15, 0.2) is 36.7 Å². The van der Waals surface area contributed by atoms with E-state index in [0.717, 1.165) is 18.4 Å². The molecule has 1 aliphatic rings. The van der Waals surface area contributed by atoms with E-state index in [2.05, 4.69) is 9.97 Å². The molecule has 1 saturated heterocycles. The van der Waals surface area contributed by atoms with E-state index in [-0.39, 0.29) is 29.0 Å². The summed E-state index contributed by atoms with van der Waals surface area (Å²) in [6.07, 6.45) is 4.31. The zero-order chi connectivity index (χ0) is 17.1. The third kappa shape index (κ3) is 3.40. The number of hydrogen-bond donors (Lipinski definition) is 1. The van der Waals surface area contributed by atoms with Gasteiger partial charge >= 0.3 is 0 Å². The number of hydrogen-bond acceptors (Lipinski definition) is 4. The summed E-state index contributed by atoms with van der Waals surface area (Å²) in [7, 11) is 0. The summed E-state index contributed by atoms with van der Waals surface area (Å²) in [6.45, 7) is 1.14. The fourth-order valence-corrected chi connectivity index (χ4v) is 2.96. The van der Waals surface area contributed by atoms with Gasteiger partial charge in [-0.3, -0.25) is 9.59 Å². The highest BCUT2D eigenvalue weighted by Crippen LogP contribution is 2.22. The molecule has 7 heteroatoms. The number of primary amides is 1. The Hall–Kier alpha value is -2.83. The second kappa shape index (κ2) is 6.74. The number of nitrogens with two attached hydrogens (primary N) is 1. The number of halogens is 1. The van der Waals surface area contributed by atoms with Crippen molar-refractivity contribution in [2.45, 2.75) is 12.8 Å². The van der Waals surface area contributed by atoms with Crippen molar-refractivity contribution in [3.05, 3.63) is 59.4 Å². The van der Waals surface area contributed by atoms with Gasteiger partial charge in [-0.05, 0) is 36.5 Å². The number of nitrogens with zero attached hydrogens (tertiary/aromatic N) is 3. The molecule has 0 saturated carbocycles. The first kappa shape index (κ1) is 16.0. The Morgan fingerprint density at radius 3 is 2.50 bits per heavy atom. The summed E-state index contributed by atoms with van der Waals surface area (Å²) < 4.78 is 13.0. The van der Waals surface area contributed by atoms with Gasteiger partial charge in [-0.1, -0.05) is 12.1 Å². The molecule has 2 aromatic rings. The molecule has 0 radical (unpaired) electrons. The number of benzene rings is 1. The number of aromatic nitrogens is 2. The van der Waals surface area contributed by atoms with Gasteiger partial charge in [0, 0.05) is 25.5 Å². The van der Waals surface area contributed by atoms with Gasteiger partial charge < -0.3 is 10.6 Å². The van der Waals surface area contributed by atoms with E-state index in [1.165, 1.54) is 24.5 Å². The van der Waals surface area contributed by atoms with Crippen LogP contribution in [0.4, 0.5) is 4.39 Å². The Labute approximate surface area is 138 Å². The van der Waals surface area contributed by atoms with Crippen molar-refractivity contribution in [3.63, 3.8) is 0 Å². The molecule has 24 heavy (non-hydrogen) atoms. The summed E-state index contributed by atoms with van der Waals surface area (Å²) in [4.78, 5) is 33.4. The molecule has 1 aromatic heterocycles. The van der Waals surface area contributed by atoms with Gasteiger partial charge in [0.25, 0.3) is 11.8 Å². The molecule has 0 spiro atoms. The summed E-state index contributed by atoms with van der Waals surface area (Å²) in [5.41, 5.74) is 6.17. The van der Waals surface area contributed by atoms with Crippen molar-refractivity contribution in [1.82, 2.24) is 14.9 Å². The van der Waals surface area contributed by atoms with E-state index in [0.29, 0.717) is 13.1 Å². The van der Waals surface area contributed by atoms with Crippen molar-refractivity contribution in [2.24, 2.45) is 11.7 Å². The number of rotatable bonds is 4. The molecule has 0 aliphatic carbocycles. The van der Waals surface area contributed by atoms with Crippen LogP contribution in [0.3, 0.4) is 0 Å². The molecule has 2 N–H and O–H groups in total. The van der Waals surface area contributed by atoms with Crippen molar-refractivity contribution >= 4 is 11.8 Å². The minimum Gasteiger partial charge on any atom is -0.364 e. The lowest BCUT2D eigenvalue weighted by Crippen LogP contribution is -2.32. The highest BCUT2D eigenvalue weighted by Gasteiger charge is 2.30. The molecule has 2 heterocycles. The van der Waals surface area contributed by atoms with Crippen LogP contribution in [0.5, 0.6) is 0 Å². The smallest absolute Gasteiger partial charge is 0.274 e. The Balaban J connectivity index is 1.68. The SMILES string of the molecule is NC(=O)c1nccnc1C(=O)N1CCC(Cc2ccc(F)cc2)C1. The van der Waals surface area contributed by atoms with Gasteiger partial charge in [0.2, 0.25) is 0 Å². The van der Waals surface area contributed by atoms with E-state index in [1.807, 2.05) is 0 Å². The van der Waals surface area contributed by atoms with Crippen molar-refractivity contribution in [1.29, 1.82) is 0 Å². The van der Waals surface area contributed by atoms with Crippen molar-refractivity contribution in [3.8, 4) is 0 Å². The number of carbonyl (C=O) groups excluding carboxylic acids is 2. The van der Waals surface area contributed by atoms with Crippen LogP contribution in [-0.4, -0.2) is 39.8 Å². The predicted molar refractivity (Wildman–Crippen MR) is 84.7 cm³/mol. The molecule has 0 bridgehead atoms. The van der Waals surface area contributed by atoms with Gasteiger partial charge in [0.15, 0.2) is 11.4 Å². The second-order valence-corrected chi connectivity index (χ2v) is 5.85. The Morgan fingerprint density at radius 1 is 1.17 bits per heavy atom. The quantitative estimate of drug-likeness (QED) is 0.919. The third-order valence-corrected chi connectivity index (χ3v) is 4.14. The fourth-order valence-electron chi connectivity index (χ4n) is 2.96. The first-order chi connectivity index (χ1) is 11.5. The van der Waals surface area contributed by atoms with Crippen LogP contribution in [0.2, 0.25) is 0 Å². The molecule has 1 aliphatic heterocycles. The molecule has 6 nitrogen and oxygen atoms in total. The zero-order valence-electron chi connectivity index (χ0n) is 13.0. The summed E-state index contributed by atoms with van der Waals surface area (Å²) in [5.74, 6) is -1.08. The van der Waals surface area contributed by atoms with E-state index in [4.69, 9.17) is 5.73 Å². The lowest BCUT2D eigenvalue weighted by atomic mass is 9.99. The minimum atomic E-state index is -0.770. The first-order valence-corrected chi connectivity index (χ1v) is 7.69. The lowest BCUT2D eigenvalue weighted by molar-refractivity contribution is 0.0774.